The van der Waals surface area contributed by atoms with E-state index in [1.54, 1.807) is 30.3 Å². The Hall–Kier alpha value is -3.07. The van der Waals surface area contributed by atoms with Gasteiger partial charge in [-0.15, -0.1) is 0 Å². The summed E-state index contributed by atoms with van der Waals surface area (Å²) in [5.41, 5.74) is 4.18. The van der Waals surface area contributed by atoms with Crippen molar-refractivity contribution in [2.45, 2.75) is 20.5 Å². The van der Waals surface area contributed by atoms with Gasteiger partial charge in [0.2, 0.25) is 0 Å². The van der Waals surface area contributed by atoms with E-state index in [1.807, 2.05) is 44.2 Å². The summed E-state index contributed by atoms with van der Waals surface area (Å²) in [5.74, 6) is 0.0515. The van der Waals surface area contributed by atoms with Crippen LogP contribution in [0, 0.1) is 25.2 Å². The number of aryl methyl sites for hydroxylation is 2. The molecule has 0 bridgehead atoms. The average Bonchev–Trinajstić information content (AvgIpc) is 2.74. The third-order valence-electron chi connectivity index (χ3n) is 4.54. The Morgan fingerprint density at radius 1 is 1.16 bits per heavy atom. The van der Waals surface area contributed by atoms with Gasteiger partial charge < -0.3 is 10.1 Å². The largest absolute Gasteiger partial charge is 0.488 e. The van der Waals surface area contributed by atoms with Gasteiger partial charge in [0.25, 0.3) is 5.91 Å². The van der Waals surface area contributed by atoms with Crippen LogP contribution in [0.25, 0.3) is 6.08 Å². The lowest BCUT2D eigenvalue weighted by atomic mass is 10.1. The molecule has 0 spiro atoms. The Morgan fingerprint density at radius 3 is 2.68 bits per heavy atom. The maximum atomic E-state index is 12.7. The number of ether oxygens (including phenoxy) is 1. The van der Waals surface area contributed by atoms with Crippen LogP contribution in [0.1, 0.15) is 22.3 Å². The molecule has 0 aliphatic heterocycles. The molecule has 0 saturated heterocycles. The van der Waals surface area contributed by atoms with E-state index >= 15 is 0 Å². The molecule has 0 fully saturated rings. The Kier molecular flexibility index (Phi) is 7.51. The molecule has 3 rings (SSSR count). The highest BCUT2D eigenvalue weighted by Crippen LogP contribution is 2.27. The van der Waals surface area contributed by atoms with Crippen molar-refractivity contribution in [3.8, 4) is 11.8 Å². The fourth-order valence-electron chi connectivity index (χ4n) is 2.90. The first-order valence-electron chi connectivity index (χ1n) is 9.53. The number of hydrogen-bond acceptors (Lipinski definition) is 3. The molecule has 1 N–H and O–H groups in total. The number of nitrogens with zero attached hydrogens (tertiary/aromatic N) is 1. The SMILES string of the molecule is Cc1cccc(COc2ccc(Br)cc2/C=C(/C#N)C(=O)Nc2ccc(C)c(Cl)c2)c1. The molecule has 0 aliphatic rings. The Morgan fingerprint density at radius 2 is 1.97 bits per heavy atom. The summed E-state index contributed by atoms with van der Waals surface area (Å²) < 4.78 is 6.79. The quantitative estimate of drug-likeness (QED) is 0.301. The first kappa shape index (κ1) is 22.6. The third-order valence-corrected chi connectivity index (χ3v) is 5.44. The highest BCUT2D eigenvalue weighted by molar-refractivity contribution is 9.10. The Bertz CT molecular complexity index is 1200. The van der Waals surface area contributed by atoms with Gasteiger partial charge in [0.05, 0.1) is 0 Å². The summed E-state index contributed by atoms with van der Waals surface area (Å²) in [5, 5.41) is 12.8. The predicted molar refractivity (Wildman–Crippen MR) is 128 cm³/mol. The van der Waals surface area contributed by atoms with Gasteiger partial charge in [-0.05, 0) is 61.4 Å². The Balaban J connectivity index is 1.83. The topological polar surface area (TPSA) is 62.1 Å². The summed E-state index contributed by atoms with van der Waals surface area (Å²) >= 11 is 9.56. The van der Waals surface area contributed by atoms with Crippen molar-refractivity contribution >= 4 is 45.2 Å². The van der Waals surface area contributed by atoms with Gasteiger partial charge in [0.15, 0.2) is 0 Å². The summed E-state index contributed by atoms with van der Waals surface area (Å²) in [7, 11) is 0. The van der Waals surface area contributed by atoms with Gasteiger partial charge in [0, 0.05) is 20.7 Å². The molecule has 1 amide bonds. The van der Waals surface area contributed by atoms with Gasteiger partial charge in [-0.2, -0.15) is 5.26 Å². The average molecular weight is 496 g/mol. The normalized spacial score (nSPS) is 11.0. The van der Waals surface area contributed by atoms with Crippen molar-refractivity contribution in [2.75, 3.05) is 5.32 Å². The zero-order valence-electron chi connectivity index (χ0n) is 17.1. The van der Waals surface area contributed by atoms with Crippen molar-refractivity contribution in [1.29, 1.82) is 5.26 Å². The number of nitrogens with one attached hydrogen (secondary N) is 1. The third kappa shape index (κ3) is 6.21. The first-order chi connectivity index (χ1) is 14.9. The van der Waals surface area contributed by atoms with E-state index in [4.69, 9.17) is 16.3 Å². The van der Waals surface area contributed by atoms with Gasteiger partial charge in [0.1, 0.15) is 24.0 Å². The molecule has 0 aromatic heterocycles. The standard InChI is InChI=1S/C25H20BrClN2O2/c1-16-4-3-5-18(10-16)15-31-24-9-7-21(26)12-19(24)11-20(14-28)25(30)29-22-8-6-17(2)23(27)13-22/h3-13H,15H2,1-2H3,(H,29,30)/b20-11-. The second kappa shape index (κ2) is 10.3. The number of benzene rings is 3. The van der Waals surface area contributed by atoms with E-state index in [1.165, 1.54) is 6.08 Å². The van der Waals surface area contributed by atoms with Crippen molar-refractivity contribution in [3.05, 3.63) is 98.0 Å². The minimum absolute atomic E-state index is 0.0461. The summed E-state index contributed by atoms with van der Waals surface area (Å²) in [6, 6.07) is 20.7. The van der Waals surface area contributed by atoms with Crippen LogP contribution in [0.15, 0.2) is 70.7 Å². The predicted octanol–water partition coefficient (Wildman–Crippen LogP) is 6.84. The van der Waals surface area contributed by atoms with Crippen LogP contribution >= 0.6 is 27.5 Å². The number of carbonyl (C=O) groups is 1. The van der Waals surface area contributed by atoms with E-state index in [2.05, 4.69) is 27.3 Å². The smallest absolute Gasteiger partial charge is 0.266 e. The van der Waals surface area contributed by atoms with E-state index < -0.39 is 5.91 Å². The lowest BCUT2D eigenvalue weighted by Gasteiger charge is -2.11. The summed E-state index contributed by atoms with van der Waals surface area (Å²) in [6.45, 7) is 4.27. The molecular formula is C25H20BrClN2O2. The van der Waals surface area contributed by atoms with Crippen LogP contribution in [0.5, 0.6) is 5.75 Å². The van der Waals surface area contributed by atoms with Crippen LogP contribution in [-0.4, -0.2) is 5.91 Å². The number of rotatable bonds is 6. The minimum atomic E-state index is -0.521. The van der Waals surface area contributed by atoms with Crippen LogP contribution in [-0.2, 0) is 11.4 Å². The van der Waals surface area contributed by atoms with E-state index in [9.17, 15) is 10.1 Å². The maximum absolute atomic E-state index is 12.7. The summed E-state index contributed by atoms with van der Waals surface area (Å²) in [6.07, 6.45) is 1.52. The van der Waals surface area contributed by atoms with E-state index in [-0.39, 0.29) is 5.57 Å². The number of nitriles is 1. The molecule has 0 aliphatic carbocycles. The lowest BCUT2D eigenvalue weighted by Crippen LogP contribution is -2.13. The molecule has 0 radical (unpaired) electrons. The van der Waals surface area contributed by atoms with Crippen LogP contribution in [0.3, 0.4) is 0 Å². The zero-order chi connectivity index (χ0) is 22.4. The van der Waals surface area contributed by atoms with Crippen LogP contribution in [0.2, 0.25) is 5.02 Å². The van der Waals surface area contributed by atoms with Gasteiger partial charge in [-0.25, -0.2) is 0 Å². The second-order valence-corrected chi connectivity index (χ2v) is 8.37. The number of halogens is 2. The highest BCUT2D eigenvalue weighted by atomic mass is 79.9. The molecule has 0 saturated carbocycles. The fourth-order valence-corrected chi connectivity index (χ4v) is 3.46. The monoisotopic (exact) mass is 494 g/mol. The fraction of sp³-hybridized carbons (Fsp3) is 0.120. The number of anilines is 1. The van der Waals surface area contributed by atoms with Crippen molar-refractivity contribution in [1.82, 2.24) is 0 Å². The molecule has 3 aromatic carbocycles. The highest BCUT2D eigenvalue weighted by Gasteiger charge is 2.13. The number of hydrogen-bond donors (Lipinski definition) is 1. The van der Waals surface area contributed by atoms with Gasteiger partial charge >= 0.3 is 0 Å². The van der Waals surface area contributed by atoms with E-state index in [0.717, 1.165) is 21.2 Å². The van der Waals surface area contributed by atoms with Crippen molar-refractivity contribution < 1.29 is 9.53 Å². The van der Waals surface area contributed by atoms with Gasteiger partial charge in [-0.1, -0.05) is 63.4 Å². The molecule has 6 heteroatoms. The lowest BCUT2D eigenvalue weighted by molar-refractivity contribution is -0.112. The minimum Gasteiger partial charge on any atom is -0.488 e. The molecule has 0 atom stereocenters. The Labute approximate surface area is 195 Å². The molecule has 3 aromatic rings. The van der Waals surface area contributed by atoms with Gasteiger partial charge in [-0.3, -0.25) is 4.79 Å². The zero-order valence-corrected chi connectivity index (χ0v) is 19.4. The molecule has 4 nitrogen and oxygen atoms in total. The van der Waals surface area contributed by atoms with Crippen LogP contribution in [0.4, 0.5) is 5.69 Å². The number of amides is 1. The van der Waals surface area contributed by atoms with E-state index in [0.29, 0.717) is 28.6 Å². The van der Waals surface area contributed by atoms with Crippen molar-refractivity contribution in [2.24, 2.45) is 0 Å². The second-order valence-electron chi connectivity index (χ2n) is 7.05. The molecule has 156 valence electrons. The maximum Gasteiger partial charge on any atom is 0.266 e. The molecular weight excluding hydrogens is 476 g/mol. The van der Waals surface area contributed by atoms with Crippen LogP contribution < -0.4 is 10.1 Å². The number of carbonyl (C=O) groups excluding carboxylic acids is 1. The summed E-state index contributed by atoms with van der Waals surface area (Å²) in [4.78, 5) is 12.7. The van der Waals surface area contributed by atoms with Crippen molar-refractivity contribution in [3.63, 3.8) is 0 Å². The first-order valence-corrected chi connectivity index (χ1v) is 10.7. The molecule has 0 unspecified atom stereocenters. The molecule has 31 heavy (non-hydrogen) atoms. The molecule has 0 heterocycles.